The third kappa shape index (κ3) is 1.57. The van der Waals surface area contributed by atoms with E-state index < -0.39 is 0 Å². The van der Waals surface area contributed by atoms with E-state index in [1.807, 2.05) is 25.1 Å². The Balaban J connectivity index is 2.68. The van der Waals surface area contributed by atoms with Gasteiger partial charge in [0.15, 0.2) is 0 Å². The third-order valence-corrected chi connectivity index (χ3v) is 2.40. The Bertz CT molecular complexity index is 526. The van der Waals surface area contributed by atoms with Gasteiger partial charge >= 0.3 is 5.69 Å². The predicted octanol–water partition coefficient (Wildman–Crippen LogP) is 0.328. The van der Waals surface area contributed by atoms with Gasteiger partial charge in [0.1, 0.15) is 6.33 Å². The summed E-state index contributed by atoms with van der Waals surface area (Å²) in [5, 5.41) is 6.04. The van der Waals surface area contributed by atoms with E-state index in [4.69, 9.17) is 5.73 Å². The number of nitrogens with two attached hydrogens (primary N) is 1. The number of rotatable bonds is 2. The maximum absolute atomic E-state index is 11.4. The van der Waals surface area contributed by atoms with Gasteiger partial charge in [-0.2, -0.15) is 5.10 Å². The molecule has 0 spiro atoms. The molecule has 0 aliphatic carbocycles. The molecule has 0 amide bonds. The van der Waals surface area contributed by atoms with Crippen LogP contribution in [0.25, 0.3) is 5.69 Å². The molecule has 0 saturated heterocycles. The fourth-order valence-electron chi connectivity index (χ4n) is 1.60. The minimum Gasteiger partial charge on any atom is -0.326 e. The van der Waals surface area contributed by atoms with Gasteiger partial charge in [-0.05, 0) is 24.1 Å². The molecule has 5 nitrogen and oxygen atoms in total. The Morgan fingerprint density at radius 1 is 1.53 bits per heavy atom. The SMILES string of the molecule is Cc1cccc(-n2cn[nH]c2=O)c1CN. The van der Waals surface area contributed by atoms with Crippen molar-refractivity contribution in [3.63, 3.8) is 0 Å². The van der Waals surface area contributed by atoms with Gasteiger partial charge in [-0.3, -0.25) is 0 Å². The smallest absolute Gasteiger partial charge is 0.326 e. The Kier molecular flexibility index (Phi) is 2.39. The van der Waals surface area contributed by atoms with E-state index in [0.717, 1.165) is 16.8 Å². The van der Waals surface area contributed by atoms with Crippen LogP contribution >= 0.6 is 0 Å². The molecule has 0 atom stereocenters. The minimum atomic E-state index is -0.254. The number of hydrogen-bond donors (Lipinski definition) is 2. The first-order valence-electron chi connectivity index (χ1n) is 4.65. The molecule has 0 saturated carbocycles. The van der Waals surface area contributed by atoms with Crippen molar-refractivity contribution in [2.24, 2.45) is 5.73 Å². The summed E-state index contributed by atoms with van der Waals surface area (Å²) >= 11 is 0. The Morgan fingerprint density at radius 2 is 2.33 bits per heavy atom. The van der Waals surface area contributed by atoms with Crippen molar-refractivity contribution in [2.45, 2.75) is 13.5 Å². The second kappa shape index (κ2) is 3.70. The lowest BCUT2D eigenvalue weighted by molar-refractivity contribution is 0.935. The molecular weight excluding hydrogens is 192 g/mol. The first-order valence-corrected chi connectivity index (χ1v) is 4.65. The molecule has 0 unspecified atom stereocenters. The van der Waals surface area contributed by atoms with E-state index in [1.165, 1.54) is 10.9 Å². The predicted molar refractivity (Wildman–Crippen MR) is 56.8 cm³/mol. The van der Waals surface area contributed by atoms with E-state index in [0.29, 0.717) is 6.54 Å². The van der Waals surface area contributed by atoms with Gasteiger partial charge in [-0.15, -0.1) is 0 Å². The van der Waals surface area contributed by atoms with Gasteiger partial charge in [0.05, 0.1) is 5.69 Å². The number of nitrogens with zero attached hydrogens (tertiary/aromatic N) is 2. The van der Waals surface area contributed by atoms with Gasteiger partial charge < -0.3 is 5.73 Å². The largest absolute Gasteiger partial charge is 0.347 e. The van der Waals surface area contributed by atoms with Crippen LogP contribution in [0.1, 0.15) is 11.1 Å². The zero-order chi connectivity index (χ0) is 10.8. The molecule has 2 rings (SSSR count). The first-order chi connectivity index (χ1) is 7.24. The highest BCUT2D eigenvalue weighted by Gasteiger charge is 2.07. The second-order valence-electron chi connectivity index (χ2n) is 3.31. The molecule has 2 aromatic rings. The van der Waals surface area contributed by atoms with Crippen LogP contribution in [0.2, 0.25) is 0 Å². The quantitative estimate of drug-likeness (QED) is 0.740. The lowest BCUT2D eigenvalue weighted by Crippen LogP contribution is -2.17. The Hall–Kier alpha value is -1.88. The first kappa shape index (κ1) is 9.67. The van der Waals surface area contributed by atoms with Crippen LogP contribution in [0.15, 0.2) is 29.3 Å². The fourth-order valence-corrected chi connectivity index (χ4v) is 1.60. The summed E-state index contributed by atoms with van der Waals surface area (Å²) in [4.78, 5) is 11.4. The average molecular weight is 204 g/mol. The number of H-pyrrole nitrogens is 1. The van der Waals surface area contributed by atoms with Gasteiger partial charge in [-0.1, -0.05) is 12.1 Å². The highest BCUT2D eigenvalue weighted by Crippen LogP contribution is 2.15. The number of hydrogen-bond acceptors (Lipinski definition) is 3. The molecular formula is C10H12N4O. The van der Waals surface area contributed by atoms with Crippen LogP contribution in [-0.2, 0) is 6.54 Å². The van der Waals surface area contributed by atoms with Crippen molar-refractivity contribution < 1.29 is 0 Å². The zero-order valence-electron chi connectivity index (χ0n) is 8.40. The number of aryl methyl sites for hydroxylation is 1. The minimum absolute atomic E-state index is 0.254. The van der Waals surface area contributed by atoms with E-state index in [1.54, 1.807) is 0 Å². The third-order valence-electron chi connectivity index (χ3n) is 2.40. The zero-order valence-corrected chi connectivity index (χ0v) is 8.40. The molecule has 0 radical (unpaired) electrons. The Labute approximate surface area is 86.5 Å². The monoisotopic (exact) mass is 204 g/mol. The van der Waals surface area contributed by atoms with Crippen molar-refractivity contribution in [1.29, 1.82) is 0 Å². The summed E-state index contributed by atoms with van der Waals surface area (Å²) < 4.78 is 1.45. The molecule has 0 aliphatic rings. The molecule has 0 aliphatic heterocycles. The average Bonchev–Trinajstić information content (AvgIpc) is 2.64. The van der Waals surface area contributed by atoms with Crippen LogP contribution in [0.3, 0.4) is 0 Å². The summed E-state index contributed by atoms with van der Waals surface area (Å²) in [5.41, 5.74) is 8.23. The van der Waals surface area contributed by atoms with Crippen molar-refractivity contribution in [1.82, 2.24) is 14.8 Å². The normalized spacial score (nSPS) is 10.5. The molecule has 1 heterocycles. The summed E-state index contributed by atoms with van der Waals surface area (Å²) in [5.74, 6) is 0. The molecule has 0 fully saturated rings. The number of aromatic nitrogens is 3. The molecule has 1 aromatic heterocycles. The van der Waals surface area contributed by atoms with Crippen molar-refractivity contribution in [3.05, 3.63) is 46.1 Å². The van der Waals surface area contributed by atoms with Crippen molar-refractivity contribution >= 4 is 0 Å². The lowest BCUT2D eigenvalue weighted by Gasteiger charge is -2.09. The number of nitrogens with one attached hydrogen (secondary N) is 1. The molecule has 15 heavy (non-hydrogen) atoms. The molecule has 78 valence electrons. The van der Waals surface area contributed by atoms with E-state index in [2.05, 4.69) is 10.2 Å². The van der Waals surface area contributed by atoms with Gasteiger partial charge in [0, 0.05) is 6.54 Å². The maximum atomic E-state index is 11.4. The summed E-state index contributed by atoms with van der Waals surface area (Å²) in [6.07, 6.45) is 1.45. The van der Waals surface area contributed by atoms with Crippen LogP contribution in [0.5, 0.6) is 0 Å². The summed E-state index contributed by atoms with van der Waals surface area (Å²) in [6, 6.07) is 5.71. The summed E-state index contributed by atoms with van der Waals surface area (Å²) in [7, 11) is 0. The highest BCUT2D eigenvalue weighted by atomic mass is 16.1. The maximum Gasteiger partial charge on any atom is 0.347 e. The van der Waals surface area contributed by atoms with Crippen LogP contribution in [-0.4, -0.2) is 14.8 Å². The van der Waals surface area contributed by atoms with E-state index >= 15 is 0 Å². The number of benzene rings is 1. The lowest BCUT2D eigenvalue weighted by atomic mass is 10.1. The number of aromatic amines is 1. The molecule has 0 bridgehead atoms. The topological polar surface area (TPSA) is 76.7 Å². The fraction of sp³-hybridized carbons (Fsp3) is 0.200. The van der Waals surface area contributed by atoms with Crippen LogP contribution in [0, 0.1) is 6.92 Å². The van der Waals surface area contributed by atoms with Crippen LogP contribution < -0.4 is 11.4 Å². The van der Waals surface area contributed by atoms with Gasteiger partial charge in [0.2, 0.25) is 0 Å². The molecule has 1 aromatic carbocycles. The second-order valence-corrected chi connectivity index (χ2v) is 3.31. The standard InChI is InChI=1S/C10H12N4O/c1-7-3-2-4-9(8(7)5-11)14-6-12-13-10(14)15/h2-4,6H,5,11H2,1H3,(H,13,15). The molecule has 3 N–H and O–H groups in total. The summed E-state index contributed by atoms with van der Waals surface area (Å²) in [6.45, 7) is 2.37. The Morgan fingerprint density at radius 3 is 2.93 bits per heavy atom. The van der Waals surface area contributed by atoms with Crippen molar-refractivity contribution in [3.8, 4) is 5.69 Å². The van der Waals surface area contributed by atoms with Crippen LogP contribution in [0.4, 0.5) is 0 Å². The van der Waals surface area contributed by atoms with E-state index in [9.17, 15) is 4.79 Å². The molecule has 5 heteroatoms. The van der Waals surface area contributed by atoms with Gasteiger partial charge in [0.25, 0.3) is 0 Å². The van der Waals surface area contributed by atoms with Gasteiger partial charge in [-0.25, -0.2) is 14.5 Å². The van der Waals surface area contributed by atoms with E-state index in [-0.39, 0.29) is 5.69 Å². The highest BCUT2D eigenvalue weighted by molar-refractivity contribution is 5.45. The van der Waals surface area contributed by atoms with Crippen molar-refractivity contribution in [2.75, 3.05) is 0 Å².